The van der Waals surface area contributed by atoms with Crippen molar-refractivity contribution in [2.45, 2.75) is 45.6 Å². The summed E-state index contributed by atoms with van der Waals surface area (Å²) in [4.78, 5) is 0. The van der Waals surface area contributed by atoms with Gasteiger partial charge in [0.2, 0.25) is 0 Å². The van der Waals surface area contributed by atoms with Gasteiger partial charge in [0, 0.05) is 0 Å². The molecule has 0 amide bonds. The van der Waals surface area contributed by atoms with E-state index >= 15 is 0 Å². The van der Waals surface area contributed by atoms with E-state index in [9.17, 15) is 0 Å². The van der Waals surface area contributed by atoms with Crippen molar-refractivity contribution in [3.8, 4) is 22.5 Å². The summed E-state index contributed by atoms with van der Waals surface area (Å²) in [5.41, 5.74) is 9.26. The first-order valence-electron chi connectivity index (χ1n) is 10.8. The van der Waals surface area contributed by atoms with Gasteiger partial charge in [0.15, 0.2) is 11.0 Å². The van der Waals surface area contributed by atoms with Crippen LogP contribution in [0, 0.1) is 13.8 Å². The van der Waals surface area contributed by atoms with Crippen molar-refractivity contribution >= 4 is 11.0 Å². The summed E-state index contributed by atoms with van der Waals surface area (Å²) >= 11 is 0. The number of aryl methyl sites for hydroxylation is 3. The van der Waals surface area contributed by atoms with Crippen molar-refractivity contribution < 1.29 is 4.57 Å². The molecule has 0 bridgehead atoms. The highest BCUT2D eigenvalue weighted by atomic mass is 15.2. The van der Waals surface area contributed by atoms with Gasteiger partial charge in [0.25, 0.3) is 5.82 Å². The molecule has 1 fully saturated rings. The SMILES string of the molecule is Cc1ccc2c(c1)n(C1CCCC1)c(-c1cc(-c3ccccc3)ccc1C)[n+]2C. The molecule has 0 aliphatic heterocycles. The lowest BCUT2D eigenvalue weighted by Gasteiger charge is -2.13. The Bertz CT molecular complexity index is 1180. The van der Waals surface area contributed by atoms with E-state index in [0.717, 1.165) is 0 Å². The van der Waals surface area contributed by atoms with Gasteiger partial charge in [-0.3, -0.25) is 0 Å². The predicted octanol–water partition coefficient (Wildman–Crippen LogP) is 6.53. The average Bonchev–Trinajstić information content (AvgIpc) is 3.35. The molecule has 2 nitrogen and oxygen atoms in total. The van der Waals surface area contributed by atoms with E-state index in [-0.39, 0.29) is 0 Å². The Balaban J connectivity index is 1.79. The molecule has 0 spiro atoms. The molecule has 0 N–H and O–H groups in total. The third kappa shape index (κ3) is 3.07. The third-order valence-corrected chi connectivity index (χ3v) is 6.57. The summed E-state index contributed by atoms with van der Waals surface area (Å²) in [5, 5.41) is 0. The van der Waals surface area contributed by atoms with E-state index in [4.69, 9.17) is 0 Å². The van der Waals surface area contributed by atoms with Gasteiger partial charge in [0.05, 0.1) is 12.6 Å². The molecule has 1 saturated carbocycles. The molecule has 29 heavy (non-hydrogen) atoms. The number of hydrogen-bond donors (Lipinski definition) is 0. The minimum absolute atomic E-state index is 0.593. The van der Waals surface area contributed by atoms with Crippen LogP contribution in [0.5, 0.6) is 0 Å². The highest BCUT2D eigenvalue weighted by molar-refractivity contribution is 5.79. The second-order valence-corrected chi connectivity index (χ2v) is 8.58. The molecule has 1 aliphatic carbocycles. The van der Waals surface area contributed by atoms with Gasteiger partial charge in [-0.15, -0.1) is 0 Å². The molecule has 0 unspecified atom stereocenters. The summed E-state index contributed by atoms with van der Waals surface area (Å²) in [6.45, 7) is 4.44. The second kappa shape index (κ2) is 7.18. The monoisotopic (exact) mass is 381 g/mol. The summed E-state index contributed by atoms with van der Waals surface area (Å²) in [6.07, 6.45) is 5.23. The number of imidazole rings is 1. The van der Waals surface area contributed by atoms with Gasteiger partial charge in [-0.05, 0) is 80.0 Å². The summed E-state index contributed by atoms with van der Waals surface area (Å²) in [5.74, 6) is 1.34. The first-order valence-corrected chi connectivity index (χ1v) is 10.8. The molecule has 0 atom stereocenters. The smallest absolute Gasteiger partial charge is 0.226 e. The molecule has 146 valence electrons. The highest BCUT2D eigenvalue weighted by Crippen LogP contribution is 2.38. The predicted molar refractivity (Wildman–Crippen MR) is 121 cm³/mol. The largest absolute Gasteiger partial charge is 0.290 e. The molecule has 4 aromatic rings. The zero-order valence-electron chi connectivity index (χ0n) is 17.7. The third-order valence-electron chi connectivity index (χ3n) is 6.57. The summed E-state index contributed by atoms with van der Waals surface area (Å²) in [6, 6.07) is 25.1. The fourth-order valence-electron chi connectivity index (χ4n) is 5.02. The number of rotatable bonds is 3. The first kappa shape index (κ1) is 18.2. The highest BCUT2D eigenvalue weighted by Gasteiger charge is 2.32. The zero-order chi connectivity index (χ0) is 20.0. The van der Waals surface area contributed by atoms with Crippen LogP contribution >= 0.6 is 0 Å². The van der Waals surface area contributed by atoms with Crippen molar-refractivity contribution in [2.24, 2.45) is 7.05 Å². The summed E-state index contributed by atoms with van der Waals surface area (Å²) < 4.78 is 5.05. The van der Waals surface area contributed by atoms with E-state index in [1.54, 1.807) is 0 Å². The molecule has 1 heterocycles. The first-order chi connectivity index (χ1) is 14.1. The number of fused-ring (bicyclic) bond motifs is 1. The van der Waals surface area contributed by atoms with Crippen LogP contribution in [0.15, 0.2) is 66.7 Å². The molecular formula is C27H29N2+. The van der Waals surface area contributed by atoms with Crippen LogP contribution in [0.1, 0.15) is 42.9 Å². The van der Waals surface area contributed by atoms with Gasteiger partial charge in [-0.25, -0.2) is 9.13 Å². The van der Waals surface area contributed by atoms with E-state index in [1.807, 2.05) is 0 Å². The van der Waals surface area contributed by atoms with Gasteiger partial charge >= 0.3 is 0 Å². The Morgan fingerprint density at radius 1 is 0.828 bits per heavy atom. The van der Waals surface area contributed by atoms with Crippen LogP contribution in [0.2, 0.25) is 0 Å². The Labute approximate surface area is 173 Å². The lowest BCUT2D eigenvalue weighted by atomic mass is 9.99. The Hall–Kier alpha value is -2.87. The Kier molecular flexibility index (Phi) is 4.50. The molecule has 1 aliphatic rings. The minimum Gasteiger partial charge on any atom is -0.226 e. The van der Waals surface area contributed by atoms with Crippen LogP contribution in [-0.2, 0) is 7.05 Å². The minimum atomic E-state index is 0.593. The Morgan fingerprint density at radius 3 is 2.34 bits per heavy atom. The van der Waals surface area contributed by atoms with Gasteiger partial charge in [-0.2, -0.15) is 0 Å². The average molecular weight is 382 g/mol. The normalized spacial score (nSPS) is 14.7. The molecule has 3 aromatic carbocycles. The van der Waals surface area contributed by atoms with Crippen molar-refractivity contribution in [3.05, 3.63) is 77.9 Å². The van der Waals surface area contributed by atoms with Crippen molar-refractivity contribution in [2.75, 3.05) is 0 Å². The van der Waals surface area contributed by atoms with E-state index in [2.05, 4.69) is 96.8 Å². The van der Waals surface area contributed by atoms with Crippen LogP contribution in [0.4, 0.5) is 0 Å². The topological polar surface area (TPSA) is 8.81 Å². The quantitative estimate of drug-likeness (QED) is 0.357. The van der Waals surface area contributed by atoms with Gasteiger partial charge in [-0.1, -0.05) is 48.5 Å². The lowest BCUT2D eigenvalue weighted by molar-refractivity contribution is -0.634. The maximum atomic E-state index is 2.65. The molecule has 0 radical (unpaired) electrons. The van der Waals surface area contributed by atoms with E-state index in [0.29, 0.717) is 6.04 Å². The standard InChI is InChI=1S/C27H29N2/c1-19-13-16-25-26(17-19)29(23-11-7-8-12-23)27(28(25)3)24-18-22(15-14-20(24)2)21-9-5-4-6-10-21/h4-6,9-10,13-18,23H,7-8,11-12H2,1-3H3/q+1. The number of hydrogen-bond acceptors (Lipinski definition) is 0. The zero-order valence-corrected chi connectivity index (χ0v) is 17.7. The molecule has 5 rings (SSSR count). The molecule has 2 heteroatoms. The van der Waals surface area contributed by atoms with Gasteiger partial charge in [0.1, 0.15) is 6.04 Å². The molecule has 0 saturated heterocycles. The van der Waals surface area contributed by atoms with Crippen molar-refractivity contribution in [1.82, 2.24) is 4.57 Å². The van der Waals surface area contributed by atoms with Crippen molar-refractivity contribution in [1.29, 1.82) is 0 Å². The van der Waals surface area contributed by atoms with Crippen molar-refractivity contribution in [3.63, 3.8) is 0 Å². The number of nitrogens with zero attached hydrogens (tertiary/aromatic N) is 2. The fraction of sp³-hybridized carbons (Fsp3) is 0.296. The van der Waals surface area contributed by atoms with Crippen LogP contribution in [0.25, 0.3) is 33.5 Å². The lowest BCUT2D eigenvalue weighted by Crippen LogP contribution is -2.31. The van der Waals surface area contributed by atoms with Crippen LogP contribution < -0.4 is 4.57 Å². The number of benzene rings is 3. The summed E-state index contributed by atoms with van der Waals surface area (Å²) in [7, 11) is 2.23. The Morgan fingerprint density at radius 2 is 1.59 bits per heavy atom. The number of aromatic nitrogens is 2. The fourth-order valence-corrected chi connectivity index (χ4v) is 5.02. The van der Waals surface area contributed by atoms with Gasteiger partial charge < -0.3 is 0 Å². The maximum Gasteiger partial charge on any atom is 0.290 e. The molecular weight excluding hydrogens is 352 g/mol. The second-order valence-electron chi connectivity index (χ2n) is 8.58. The van der Waals surface area contributed by atoms with Crippen LogP contribution in [0.3, 0.4) is 0 Å². The maximum absolute atomic E-state index is 2.65. The van der Waals surface area contributed by atoms with E-state index in [1.165, 1.54) is 70.4 Å². The molecule has 1 aromatic heterocycles. The van der Waals surface area contributed by atoms with E-state index < -0.39 is 0 Å². The van der Waals surface area contributed by atoms with Crippen LogP contribution in [-0.4, -0.2) is 4.57 Å².